The minimum atomic E-state index is -0.579. The number of methoxy groups -OCH3 is 1. The molecule has 0 aliphatic heterocycles. The van der Waals surface area contributed by atoms with E-state index in [9.17, 15) is 9.18 Å². The maximum atomic E-state index is 12.7. The molecule has 0 radical (unpaired) electrons. The first-order valence-corrected chi connectivity index (χ1v) is 2.93. The zero-order valence-electron chi connectivity index (χ0n) is 5.87. The minimum Gasteiger partial charge on any atom is -0.491 e. The fourth-order valence-corrected chi connectivity index (χ4v) is 0.726. The summed E-state index contributed by atoms with van der Waals surface area (Å²) in [5.41, 5.74) is -0.0208. The van der Waals surface area contributed by atoms with Crippen molar-refractivity contribution in [2.24, 2.45) is 0 Å². The van der Waals surface area contributed by atoms with Crippen LogP contribution in [0.2, 0.25) is 0 Å². The number of ether oxygens (including phenoxy) is 1. The number of carbonyl (C=O) groups excluding carboxylic acids is 1. The van der Waals surface area contributed by atoms with Gasteiger partial charge in [-0.1, -0.05) is 0 Å². The van der Waals surface area contributed by atoms with Crippen LogP contribution in [0.15, 0.2) is 12.3 Å². The molecule has 1 aromatic heterocycles. The second kappa shape index (κ2) is 3.09. The summed E-state index contributed by atoms with van der Waals surface area (Å²) in [7, 11) is 1.28. The van der Waals surface area contributed by atoms with E-state index in [0.29, 0.717) is 6.29 Å². The Labute approximate surface area is 62.8 Å². The van der Waals surface area contributed by atoms with Crippen LogP contribution in [0.5, 0.6) is 5.75 Å². The first kappa shape index (κ1) is 7.65. The second-order valence-electron chi connectivity index (χ2n) is 1.83. The molecule has 0 bridgehead atoms. The highest BCUT2D eigenvalue weighted by molar-refractivity contribution is 5.76. The van der Waals surface area contributed by atoms with Gasteiger partial charge in [0.25, 0.3) is 0 Å². The highest BCUT2D eigenvalue weighted by atomic mass is 19.1. The van der Waals surface area contributed by atoms with Crippen molar-refractivity contribution in [3.63, 3.8) is 0 Å². The van der Waals surface area contributed by atoms with Crippen molar-refractivity contribution in [2.75, 3.05) is 7.11 Å². The van der Waals surface area contributed by atoms with Gasteiger partial charge in [0.05, 0.1) is 7.11 Å². The van der Waals surface area contributed by atoms with Crippen LogP contribution >= 0.6 is 0 Å². The van der Waals surface area contributed by atoms with Gasteiger partial charge < -0.3 is 4.74 Å². The first-order chi connectivity index (χ1) is 5.29. The smallest absolute Gasteiger partial charge is 0.183 e. The van der Waals surface area contributed by atoms with Gasteiger partial charge in [-0.25, -0.2) is 9.37 Å². The quantitative estimate of drug-likeness (QED) is 0.599. The minimum absolute atomic E-state index is 0.0208. The normalized spacial score (nSPS) is 9.27. The van der Waals surface area contributed by atoms with Crippen LogP contribution in [-0.4, -0.2) is 18.4 Å². The molecule has 0 saturated carbocycles. The van der Waals surface area contributed by atoms with E-state index in [4.69, 9.17) is 0 Å². The Bertz CT molecular complexity index is 275. The van der Waals surface area contributed by atoms with Gasteiger partial charge in [0.2, 0.25) is 0 Å². The van der Waals surface area contributed by atoms with Crippen molar-refractivity contribution in [3.8, 4) is 5.75 Å². The van der Waals surface area contributed by atoms with E-state index in [-0.39, 0.29) is 11.4 Å². The number of aromatic nitrogens is 1. The molecule has 0 atom stereocenters. The molecule has 0 N–H and O–H groups in total. The molecule has 0 amide bonds. The number of aldehydes is 1. The van der Waals surface area contributed by atoms with E-state index < -0.39 is 5.82 Å². The predicted molar refractivity (Wildman–Crippen MR) is 36.1 cm³/mol. The summed E-state index contributed by atoms with van der Waals surface area (Å²) in [5, 5.41) is 0. The predicted octanol–water partition coefficient (Wildman–Crippen LogP) is 1.04. The molecule has 0 saturated heterocycles. The van der Waals surface area contributed by atoms with Gasteiger partial charge in [-0.05, 0) is 6.07 Å². The molecular formula is C7H6FNO2. The first-order valence-electron chi connectivity index (χ1n) is 2.93. The maximum absolute atomic E-state index is 12.7. The molecule has 1 heterocycles. The lowest BCUT2D eigenvalue weighted by Crippen LogP contribution is -1.96. The summed E-state index contributed by atoms with van der Waals surface area (Å²) < 4.78 is 17.3. The van der Waals surface area contributed by atoms with Crippen LogP contribution < -0.4 is 4.74 Å². The Morgan fingerprint density at radius 3 is 2.91 bits per heavy atom. The van der Waals surface area contributed by atoms with E-state index in [1.165, 1.54) is 13.3 Å². The zero-order valence-corrected chi connectivity index (χ0v) is 5.87. The van der Waals surface area contributed by atoms with Crippen molar-refractivity contribution in [1.29, 1.82) is 0 Å². The molecule has 3 nitrogen and oxygen atoms in total. The molecule has 0 aliphatic rings. The van der Waals surface area contributed by atoms with E-state index in [0.717, 1.165) is 6.07 Å². The van der Waals surface area contributed by atoms with E-state index in [1.807, 2.05) is 0 Å². The van der Waals surface area contributed by atoms with Gasteiger partial charge in [-0.2, -0.15) is 0 Å². The van der Waals surface area contributed by atoms with Gasteiger partial charge in [0.15, 0.2) is 17.9 Å². The van der Waals surface area contributed by atoms with Crippen LogP contribution in [0, 0.1) is 5.82 Å². The molecule has 0 fully saturated rings. The van der Waals surface area contributed by atoms with Crippen LogP contribution in [0.1, 0.15) is 10.5 Å². The molecule has 58 valence electrons. The summed E-state index contributed by atoms with van der Waals surface area (Å²) in [4.78, 5) is 13.8. The number of hydrogen-bond acceptors (Lipinski definition) is 3. The Morgan fingerprint density at radius 2 is 2.45 bits per heavy atom. The van der Waals surface area contributed by atoms with Gasteiger partial charge in [-0.15, -0.1) is 0 Å². The average Bonchev–Trinajstić information content (AvgIpc) is 2.04. The third kappa shape index (κ3) is 1.34. The second-order valence-corrected chi connectivity index (χ2v) is 1.83. The maximum Gasteiger partial charge on any atom is 0.183 e. The van der Waals surface area contributed by atoms with Crippen molar-refractivity contribution in [3.05, 3.63) is 23.8 Å². The van der Waals surface area contributed by atoms with Crippen molar-refractivity contribution in [2.45, 2.75) is 0 Å². The van der Waals surface area contributed by atoms with E-state index >= 15 is 0 Å². The average molecular weight is 155 g/mol. The molecule has 0 aromatic carbocycles. The fraction of sp³-hybridized carbons (Fsp3) is 0.143. The van der Waals surface area contributed by atoms with Crippen LogP contribution in [-0.2, 0) is 0 Å². The summed E-state index contributed by atoms with van der Waals surface area (Å²) >= 11 is 0. The Balaban J connectivity index is 3.23. The summed E-state index contributed by atoms with van der Waals surface area (Å²) in [6.45, 7) is 0. The molecule has 11 heavy (non-hydrogen) atoms. The molecule has 4 heteroatoms. The largest absolute Gasteiger partial charge is 0.491 e. The summed E-state index contributed by atoms with van der Waals surface area (Å²) in [6, 6.07) is 1.13. The van der Waals surface area contributed by atoms with Gasteiger partial charge in [0.1, 0.15) is 5.69 Å². The molecule has 0 unspecified atom stereocenters. The monoisotopic (exact) mass is 155 g/mol. The van der Waals surface area contributed by atoms with Crippen molar-refractivity contribution < 1.29 is 13.9 Å². The van der Waals surface area contributed by atoms with Crippen LogP contribution in [0.25, 0.3) is 0 Å². The number of pyridine rings is 1. The van der Waals surface area contributed by atoms with Crippen molar-refractivity contribution >= 4 is 6.29 Å². The van der Waals surface area contributed by atoms with Crippen molar-refractivity contribution in [1.82, 2.24) is 4.98 Å². The number of hydrogen-bond donors (Lipinski definition) is 0. The number of nitrogens with zero attached hydrogens (tertiary/aromatic N) is 1. The third-order valence-electron chi connectivity index (χ3n) is 1.20. The fourth-order valence-electron chi connectivity index (χ4n) is 0.726. The zero-order chi connectivity index (χ0) is 8.27. The van der Waals surface area contributed by atoms with Gasteiger partial charge >= 0.3 is 0 Å². The SMILES string of the molecule is COc1c(F)ccnc1C=O. The van der Waals surface area contributed by atoms with E-state index in [1.54, 1.807) is 0 Å². The topological polar surface area (TPSA) is 39.2 Å². The molecule has 1 aromatic rings. The van der Waals surface area contributed by atoms with Crippen LogP contribution in [0.4, 0.5) is 4.39 Å². The molecular weight excluding hydrogens is 149 g/mol. The Hall–Kier alpha value is -1.45. The van der Waals surface area contributed by atoms with E-state index in [2.05, 4.69) is 9.72 Å². The standard InChI is InChI=1S/C7H6FNO2/c1-11-7-5(8)2-3-9-6(7)4-10/h2-4H,1H3. The molecule has 0 aliphatic carbocycles. The third-order valence-corrected chi connectivity index (χ3v) is 1.20. The molecule has 0 spiro atoms. The summed E-state index contributed by atoms with van der Waals surface area (Å²) in [5.74, 6) is -0.688. The lowest BCUT2D eigenvalue weighted by Gasteiger charge is -2.01. The lowest BCUT2D eigenvalue weighted by molar-refractivity contribution is 0.111. The highest BCUT2D eigenvalue weighted by Gasteiger charge is 2.07. The Morgan fingerprint density at radius 1 is 1.73 bits per heavy atom. The van der Waals surface area contributed by atoms with Gasteiger partial charge in [-0.3, -0.25) is 4.79 Å². The molecule has 1 rings (SSSR count). The Kier molecular flexibility index (Phi) is 2.15. The van der Waals surface area contributed by atoms with Gasteiger partial charge in [0, 0.05) is 6.20 Å². The van der Waals surface area contributed by atoms with Crippen LogP contribution in [0.3, 0.4) is 0 Å². The number of carbonyl (C=O) groups is 1. The highest BCUT2D eigenvalue weighted by Crippen LogP contribution is 2.17. The number of rotatable bonds is 2. The summed E-state index contributed by atoms with van der Waals surface area (Å²) in [6.07, 6.45) is 1.66. The number of halogens is 1. The lowest BCUT2D eigenvalue weighted by atomic mass is 10.3.